The standard InChI is InChI=1S/C24H29N7O2/c1-33-21-7-5-20(6-8-21)28-14-16-29(17-15-28)24(32)19-4-2-12-30(18-19)22-9-10-23(27-26-22)31-13-3-11-25-31/h3,5-11,13,19H,2,4,12,14-18H2,1H3. The van der Waals surface area contributed by atoms with E-state index in [1.807, 2.05) is 41.4 Å². The van der Waals surface area contributed by atoms with Gasteiger partial charge in [-0.1, -0.05) is 0 Å². The van der Waals surface area contributed by atoms with Gasteiger partial charge in [0, 0.05) is 57.3 Å². The second-order valence-corrected chi connectivity index (χ2v) is 8.50. The van der Waals surface area contributed by atoms with Gasteiger partial charge in [0.05, 0.1) is 13.0 Å². The Morgan fingerprint density at radius 1 is 0.939 bits per heavy atom. The molecule has 172 valence electrons. The van der Waals surface area contributed by atoms with E-state index in [2.05, 4.69) is 37.2 Å². The summed E-state index contributed by atoms with van der Waals surface area (Å²) >= 11 is 0. The molecule has 1 aromatic carbocycles. The van der Waals surface area contributed by atoms with Gasteiger partial charge in [0.25, 0.3) is 0 Å². The predicted octanol–water partition coefficient (Wildman–Crippen LogP) is 2.24. The highest BCUT2D eigenvalue weighted by Gasteiger charge is 2.31. The van der Waals surface area contributed by atoms with E-state index in [1.54, 1.807) is 18.0 Å². The average molecular weight is 448 g/mol. The van der Waals surface area contributed by atoms with Crippen molar-refractivity contribution in [3.8, 4) is 11.6 Å². The van der Waals surface area contributed by atoms with Crippen molar-refractivity contribution in [1.29, 1.82) is 0 Å². The highest BCUT2D eigenvalue weighted by atomic mass is 16.5. The average Bonchev–Trinajstić information content (AvgIpc) is 3.44. The molecule has 2 fully saturated rings. The van der Waals surface area contributed by atoms with Crippen molar-refractivity contribution in [1.82, 2.24) is 24.9 Å². The third-order valence-electron chi connectivity index (χ3n) is 6.50. The fraction of sp³-hybridized carbons (Fsp3) is 0.417. The van der Waals surface area contributed by atoms with E-state index in [0.717, 1.165) is 57.1 Å². The Labute approximate surface area is 193 Å². The van der Waals surface area contributed by atoms with Gasteiger partial charge in [-0.15, -0.1) is 10.2 Å². The number of amides is 1. The van der Waals surface area contributed by atoms with Crippen LogP contribution in [0.4, 0.5) is 11.5 Å². The van der Waals surface area contributed by atoms with E-state index in [-0.39, 0.29) is 11.8 Å². The summed E-state index contributed by atoms with van der Waals surface area (Å²) in [6, 6.07) is 13.8. The minimum atomic E-state index is -0.00104. The summed E-state index contributed by atoms with van der Waals surface area (Å²) in [5.41, 5.74) is 1.17. The molecule has 0 N–H and O–H groups in total. The lowest BCUT2D eigenvalue weighted by atomic mass is 9.96. The molecular weight excluding hydrogens is 418 g/mol. The van der Waals surface area contributed by atoms with Crippen LogP contribution in [0.25, 0.3) is 5.82 Å². The normalized spacial score (nSPS) is 18.9. The van der Waals surface area contributed by atoms with Crippen LogP contribution in [0.2, 0.25) is 0 Å². The molecule has 5 rings (SSSR count). The zero-order valence-corrected chi connectivity index (χ0v) is 18.9. The maximum Gasteiger partial charge on any atom is 0.227 e. The van der Waals surface area contributed by atoms with Crippen LogP contribution in [0.5, 0.6) is 5.75 Å². The maximum atomic E-state index is 13.3. The van der Waals surface area contributed by atoms with E-state index in [1.165, 1.54) is 5.69 Å². The quantitative estimate of drug-likeness (QED) is 0.593. The molecule has 2 saturated heterocycles. The summed E-state index contributed by atoms with van der Waals surface area (Å²) in [5, 5.41) is 12.9. The lowest BCUT2D eigenvalue weighted by Crippen LogP contribution is -2.52. The van der Waals surface area contributed by atoms with Crippen LogP contribution in [0.15, 0.2) is 54.9 Å². The zero-order chi connectivity index (χ0) is 22.6. The minimum Gasteiger partial charge on any atom is -0.497 e. The highest BCUT2D eigenvalue weighted by molar-refractivity contribution is 5.80. The molecule has 9 heteroatoms. The summed E-state index contributed by atoms with van der Waals surface area (Å²) in [7, 11) is 1.68. The lowest BCUT2D eigenvalue weighted by Gasteiger charge is -2.40. The topological polar surface area (TPSA) is 79.6 Å². The molecule has 2 aromatic heterocycles. The van der Waals surface area contributed by atoms with Gasteiger partial charge in [0.1, 0.15) is 5.75 Å². The van der Waals surface area contributed by atoms with Crippen LogP contribution >= 0.6 is 0 Å². The number of carbonyl (C=O) groups is 1. The fourth-order valence-corrected chi connectivity index (χ4v) is 4.64. The number of carbonyl (C=O) groups excluding carboxylic acids is 1. The van der Waals surface area contributed by atoms with E-state index < -0.39 is 0 Å². The zero-order valence-electron chi connectivity index (χ0n) is 18.9. The van der Waals surface area contributed by atoms with Crippen LogP contribution in [0.3, 0.4) is 0 Å². The Hall–Kier alpha value is -3.62. The number of aromatic nitrogens is 4. The van der Waals surface area contributed by atoms with E-state index in [0.29, 0.717) is 12.4 Å². The molecule has 1 amide bonds. The molecule has 2 aliphatic rings. The van der Waals surface area contributed by atoms with Gasteiger partial charge in [-0.3, -0.25) is 4.79 Å². The summed E-state index contributed by atoms with van der Waals surface area (Å²) < 4.78 is 6.93. The number of benzene rings is 1. The maximum absolute atomic E-state index is 13.3. The first-order chi connectivity index (χ1) is 16.2. The van der Waals surface area contributed by atoms with Crippen LogP contribution in [0.1, 0.15) is 12.8 Å². The van der Waals surface area contributed by atoms with Gasteiger partial charge >= 0.3 is 0 Å². The Balaban J connectivity index is 1.17. The van der Waals surface area contributed by atoms with Crippen LogP contribution in [-0.2, 0) is 4.79 Å². The first-order valence-corrected chi connectivity index (χ1v) is 11.5. The van der Waals surface area contributed by atoms with Gasteiger partial charge in [-0.25, -0.2) is 4.68 Å². The monoisotopic (exact) mass is 447 g/mol. The summed E-state index contributed by atoms with van der Waals surface area (Å²) in [5.74, 6) is 2.61. The van der Waals surface area contributed by atoms with E-state index in [9.17, 15) is 4.79 Å². The fourth-order valence-electron chi connectivity index (χ4n) is 4.64. The van der Waals surface area contributed by atoms with Crippen molar-refractivity contribution in [2.24, 2.45) is 5.92 Å². The van der Waals surface area contributed by atoms with Crippen molar-refractivity contribution < 1.29 is 9.53 Å². The van der Waals surface area contributed by atoms with Crippen molar-refractivity contribution in [2.45, 2.75) is 12.8 Å². The first kappa shape index (κ1) is 21.2. The number of nitrogens with zero attached hydrogens (tertiary/aromatic N) is 7. The molecule has 9 nitrogen and oxygen atoms in total. The van der Waals surface area contributed by atoms with Crippen LogP contribution in [-0.4, -0.2) is 77.2 Å². The molecule has 0 bridgehead atoms. The van der Waals surface area contributed by atoms with Gasteiger partial charge in [-0.2, -0.15) is 5.10 Å². The van der Waals surface area contributed by atoms with Gasteiger partial charge in [-0.05, 0) is 55.3 Å². The molecule has 0 radical (unpaired) electrons. The van der Waals surface area contributed by atoms with Crippen molar-refractivity contribution in [2.75, 3.05) is 56.2 Å². The molecule has 0 spiro atoms. The second kappa shape index (κ2) is 9.48. The van der Waals surface area contributed by atoms with Gasteiger partial charge in [0.2, 0.25) is 5.91 Å². The Kier molecular flexibility index (Phi) is 6.10. The van der Waals surface area contributed by atoms with Crippen LogP contribution in [0, 0.1) is 5.92 Å². The Bertz CT molecular complexity index is 1050. The van der Waals surface area contributed by atoms with Crippen molar-refractivity contribution in [3.05, 3.63) is 54.9 Å². The predicted molar refractivity (Wildman–Crippen MR) is 126 cm³/mol. The third-order valence-corrected chi connectivity index (χ3v) is 6.50. The summed E-state index contributed by atoms with van der Waals surface area (Å²) in [6.07, 6.45) is 5.46. The van der Waals surface area contributed by atoms with Crippen LogP contribution < -0.4 is 14.5 Å². The Morgan fingerprint density at radius 3 is 2.36 bits per heavy atom. The number of hydrogen-bond donors (Lipinski definition) is 0. The molecule has 2 aliphatic heterocycles. The smallest absolute Gasteiger partial charge is 0.227 e. The summed E-state index contributed by atoms with van der Waals surface area (Å²) in [4.78, 5) is 19.8. The second-order valence-electron chi connectivity index (χ2n) is 8.50. The Morgan fingerprint density at radius 2 is 1.70 bits per heavy atom. The number of piperidine rings is 1. The van der Waals surface area contributed by atoms with E-state index >= 15 is 0 Å². The number of piperazine rings is 1. The van der Waals surface area contributed by atoms with Gasteiger partial charge < -0.3 is 19.4 Å². The number of methoxy groups -OCH3 is 1. The SMILES string of the molecule is COc1ccc(N2CCN(C(=O)C3CCCN(c4ccc(-n5cccn5)nn4)C3)CC2)cc1. The molecule has 1 atom stereocenters. The largest absolute Gasteiger partial charge is 0.497 e. The molecular formula is C24H29N7O2. The molecule has 4 heterocycles. The molecule has 0 aliphatic carbocycles. The number of rotatable bonds is 5. The van der Waals surface area contributed by atoms with Crippen molar-refractivity contribution >= 4 is 17.4 Å². The van der Waals surface area contributed by atoms with Gasteiger partial charge in [0.15, 0.2) is 11.6 Å². The summed E-state index contributed by atoms with van der Waals surface area (Å²) in [6.45, 7) is 4.77. The number of hydrogen-bond acceptors (Lipinski definition) is 7. The van der Waals surface area contributed by atoms with Crippen molar-refractivity contribution in [3.63, 3.8) is 0 Å². The molecule has 3 aromatic rings. The molecule has 33 heavy (non-hydrogen) atoms. The third kappa shape index (κ3) is 4.62. The highest BCUT2D eigenvalue weighted by Crippen LogP contribution is 2.25. The number of anilines is 2. The molecule has 1 unspecified atom stereocenters. The first-order valence-electron chi connectivity index (χ1n) is 11.5. The minimum absolute atomic E-state index is 0.00104. The lowest BCUT2D eigenvalue weighted by molar-refractivity contribution is -0.136. The molecule has 0 saturated carbocycles. The number of ether oxygens (including phenoxy) is 1. The van der Waals surface area contributed by atoms with E-state index in [4.69, 9.17) is 4.74 Å².